The molecule has 1 aliphatic rings. The van der Waals surface area contributed by atoms with Gasteiger partial charge in [-0.05, 0) is 36.2 Å². The number of aliphatic hydroxyl groups is 1. The number of alkyl halides is 3. The van der Waals surface area contributed by atoms with E-state index < -0.39 is 23.9 Å². The molecule has 2 unspecified atom stereocenters. The SMILES string of the molecule is COc1ccc(CC2SC(=O)NC2O)cc1CNC(=O)c1ccc(C(F)(F)F)cc1OC. The minimum absolute atomic E-state index is 0.0364. The van der Waals surface area contributed by atoms with Gasteiger partial charge in [-0.2, -0.15) is 13.2 Å². The van der Waals surface area contributed by atoms with E-state index in [4.69, 9.17) is 9.47 Å². The van der Waals surface area contributed by atoms with Gasteiger partial charge in [0.2, 0.25) is 0 Å². The Morgan fingerprint density at radius 1 is 1.16 bits per heavy atom. The fraction of sp³-hybridized carbons (Fsp3) is 0.333. The standard InChI is InChI=1S/C21H21F3N2O5S/c1-30-15-6-3-11(8-17-19(28)26-20(29)32-17)7-12(15)10-25-18(27)14-5-4-13(21(22,23)24)9-16(14)31-2/h3-7,9,17,19,28H,8,10H2,1-2H3,(H,25,27)(H,26,29). The van der Waals surface area contributed by atoms with E-state index in [1.54, 1.807) is 18.2 Å². The highest BCUT2D eigenvalue weighted by Gasteiger charge is 2.32. The molecular weight excluding hydrogens is 449 g/mol. The quantitative estimate of drug-likeness (QED) is 0.575. The number of hydrogen-bond donors (Lipinski definition) is 3. The van der Waals surface area contributed by atoms with Crippen LogP contribution in [0.15, 0.2) is 36.4 Å². The number of hydrogen-bond acceptors (Lipinski definition) is 6. The predicted octanol–water partition coefficient (Wildman–Crippen LogP) is 3.34. The molecule has 1 heterocycles. The predicted molar refractivity (Wildman–Crippen MR) is 112 cm³/mol. The maximum absolute atomic E-state index is 12.9. The topological polar surface area (TPSA) is 96.9 Å². The summed E-state index contributed by atoms with van der Waals surface area (Å²) in [6, 6.07) is 7.93. The molecule has 2 aromatic carbocycles. The van der Waals surface area contributed by atoms with E-state index in [0.717, 1.165) is 35.5 Å². The van der Waals surface area contributed by atoms with Gasteiger partial charge in [-0.1, -0.05) is 23.9 Å². The minimum atomic E-state index is -4.55. The van der Waals surface area contributed by atoms with Crippen molar-refractivity contribution in [3.05, 3.63) is 58.7 Å². The molecular formula is C21H21F3N2O5S. The first-order chi connectivity index (χ1) is 15.1. The third kappa shape index (κ3) is 5.46. The second kappa shape index (κ2) is 9.70. The van der Waals surface area contributed by atoms with Gasteiger partial charge in [-0.15, -0.1) is 0 Å². The Morgan fingerprint density at radius 3 is 2.47 bits per heavy atom. The van der Waals surface area contributed by atoms with Crippen LogP contribution in [0.1, 0.15) is 27.0 Å². The van der Waals surface area contributed by atoms with Gasteiger partial charge in [0, 0.05) is 12.1 Å². The van der Waals surface area contributed by atoms with Gasteiger partial charge in [0.05, 0.1) is 30.6 Å². The average molecular weight is 470 g/mol. The first-order valence-electron chi connectivity index (χ1n) is 9.46. The highest BCUT2D eigenvalue weighted by Crippen LogP contribution is 2.33. The molecule has 32 heavy (non-hydrogen) atoms. The molecule has 11 heteroatoms. The van der Waals surface area contributed by atoms with Crippen LogP contribution in [-0.2, 0) is 19.1 Å². The molecule has 2 aromatic rings. The van der Waals surface area contributed by atoms with Crippen molar-refractivity contribution in [3.63, 3.8) is 0 Å². The highest BCUT2D eigenvalue weighted by atomic mass is 32.2. The molecule has 0 spiro atoms. The molecule has 0 bridgehead atoms. The van der Waals surface area contributed by atoms with Gasteiger partial charge < -0.3 is 25.2 Å². The van der Waals surface area contributed by atoms with Crippen LogP contribution < -0.4 is 20.1 Å². The van der Waals surface area contributed by atoms with E-state index in [0.29, 0.717) is 17.7 Å². The van der Waals surface area contributed by atoms with Crippen molar-refractivity contribution in [2.75, 3.05) is 14.2 Å². The lowest BCUT2D eigenvalue weighted by Crippen LogP contribution is -2.31. The number of ether oxygens (including phenoxy) is 2. The smallest absolute Gasteiger partial charge is 0.416 e. The van der Waals surface area contributed by atoms with E-state index >= 15 is 0 Å². The number of nitrogens with one attached hydrogen (secondary N) is 2. The third-order valence-electron chi connectivity index (χ3n) is 4.87. The molecule has 0 aliphatic carbocycles. The van der Waals surface area contributed by atoms with Crippen LogP contribution in [0.3, 0.4) is 0 Å². The average Bonchev–Trinajstić information content (AvgIpc) is 3.07. The Kier molecular flexibility index (Phi) is 7.19. The van der Waals surface area contributed by atoms with Crippen LogP contribution in [-0.4, -0.2) is 42.0 Å². The molecule has 1 fully saturated rings. The van der Waals surface area contributed by atoms with Crippen molar-refractivity contribution in [2.24, 2.45) is 0 Å². The zero-order valence-electron chi connectivity index (χ0n) is 17.2. The van der Waals surface area contributed by atoms with Gasteiger partial charge in [-0.3, -0.25) is 9.59 Å². The van der Waals surface area contributed by atoms with Crippen LogP contribution in [0.5, 0.6) is 11.5 Å². The Balaban J connectivity index is 1.74. The second-order valence-corrected chi connectivity index (χ2v) is 8.19. The summed E-state index contributed by atoms with van der Waals surface area (Å²) in [4.78, 5) is 24.0. The summed E-state index contributed by atoms with van der Waals surface area (Å²) in [6.07, 6.45) is -5.10. The number of thioether (sulfide) groups is 1. The summed E-state index contributed by atoms with van der Waals surface area (Å²) in [5.74, 6) is -0.302. The maximum atomic E-state index is 12.9. The molecule has 2 atom stereocenters. The van der Waals surface area contributed by atoms with Crippen LogP contribution in [0, 0.1) is 0 Å². The summed E-state index contributed by atoms with van der Waals surface area (Å²) >= 11 is 1.01. The fourth-order valence-electron chi connectivity index (χ4n) is 3.26. The van der Waals surface area contributed by atoms with Crippen molar-refractivity contribution in [1.82, 2.24) is 10.6 Å². The van der Waals surface area contributed by atoms with Gasteiger partial charge in [0.1, 0.15) is 17.7 Å². The van der Waals surface area contributed by atoms with Crippen LogP contribution in [0.4, 0.5) is 18.0 Å². The van der Waals surface area contributed by atoms with E-state index in [1.807, 2.05) is 0 Å². The number of methoxy groups -OCH3 is 2. The van der Waals surface area contributed by atoms with Crippen molar-refractivity contribution >= 4 is 22.9 Å². The molecule has 0 saturated carbocycles. The summed E-state index contributed by atoms with van der Waals surface area (Å²) in [6.45, 7) is 0.0393. The van der Waals surface area contributed by atoms with Gasteiger partial charge in [-0.25, -0.2) is 0 Å². The second-order valence-electron chi connectivity index (χ2n) is 6.98. The van der Waals surface area contributed by atoms with Crippen LogP contribution in [0.25, 0.3) is 0 Å². The first-order valence-corrected chi connectivity index (χ1v) is 10.3. The van der Waals surface area contributed by atoms with Crippen molar-refractivity contribution in [3.8, 4) is 11.5 Å². The van der Waals surface area contributed by atoms with Gasteiger partial charge in [0.25, 0.3) is 11.1 Å². The van der Waals surface area contributed by atoms with Crippen LogP contribution in [0.2, 0.25) is 0 Å². The van der Waals surface area contributed by atoms with Crippen molar-refractivity contribution < 1.29 is 37.3 Å². The number of benzene rings is 2. The lowest BCUT2D eigenvalue weighted by atomic mass is 10.0. The third-order valence-corrected chi connectivity index (χ3v) is 5.93. The molecule has 1 aliphatic heterocycles. The van der Waals surface area contributed by atoms with Crippen LogP contribution >= 0.6 is 11.8 Å². The Morgan fingerprint density at radius 2 is 1.88 bits per heavy atom. The fourth-order valence-corrected chi connectivity index (χ4v) is 4.19. The number of amides is 2. The highest BCUT2D eigenvalue weighted by molar-refractivity contribution is 8.14. The Labute approximate surface area is 186 Å². The van der Waals surface area contributed by atoms with E-state index in [2.05, 4.69) is 10.6 Å². The van der Waals surface area contributed by atoms with E-state index in [-0.39, 0.29) is 28.3 Å². The molecule has 3 rings (SSSR count). The minimum Gasteiger partial charge on any atom is -0.496 e. The Hall–Kier alpha value is -2.92. The monoisotopic (exact) mass is 470 g/mol. The van der Waals surface area contributed by atoms with Gasteiger partial charge in [0.15, 0.2) is 0 Å². The summed E-state index contributed by atoms with van der Waals surface area (Å²) in [5, 5.41) is 14.3. The summed E-state index contributed by atoms with van der Waals surface area (Å²) < 4.78 is 49.0. The first kappa shape index (κ1) is 23.7. The normalized spacial score (nSPS) is 18.2. The summed E-state index contributed by atoms with van der Waals surface area (Å²) in [5.41, 5.74) is 0.488. The molecule has 0 radical (unpaired) electrons. The lowest BCUT2D eigenvalue weighted by Gasteiger charge is -2.16. The largest absolute Gasteiger partial charge is 0.496 e. The zero-order valence-corrected chi connectivity index (χ0v) is 18.0. The zero-order chi connectivity index (χ0) is 23.5. The molecule has 1 saturated heterocycles. The molecule has 172 valence electrons. The molecule has 7 nitrogen and oxygen atoms in total. The molecule has 0 aromatic heterocycles. The number of aliphatic hydroxyl groups excluding tert-OH is 1. The number of carbonyl (C=O) groups is 2. The number of carbonyl (C=O) groups excluding carboxylic acids is 2. The summed E-state index contributed by atoms with van der Waals surface area (Å²) in [7, 11) is 2.66. The maximum Gasteiger partial charge on any atom is 0.416 e. The number of halogens is 3. The van der Waals surface area contributed by atoms with E-state index in [1.165, 1.54) is 14.2 Å². The number of rotatable bonds is 7. The lowest BCUT2D eigenvalue weighted by molar-refractivity contribution is -0.137. The van der Waals surface area contributed by atoms with Crippen molar-refractivity contribution in [2.45, 2.75) is 30.6 Å². The van der Waals surface area contributed by atoms with Gasteiger partial charge >= 0.3 is 6.18 Å². The van der Waals surface area contributed by atoms with E-state index in [9.17, 15) is 27.9 Å². The Bertz CT molecular complexity index is 1020. The van der Waals surface area contributed by atoms with Crippen molar-refractivity contribution in [1.29, 1.82) is 0 Å². The molecule has 2 amide bonds. The molecule has 3 N–H and O–H groups in total.